The summed E-state index contributed by atoms with van der Waals surface area (Å²) in [5, 5.41) is 6.23. The van der Waals surface area contributed by atoms with Crippen molar-refractivity contribution in [2.24, 2.45) is 5.92 Å². The minimum atomic E-state index is -0.120. The summed E-state index contributed by atoms with van der Waals surface area (Å²) < 4.78 is 0. The summed E-state index contributed by atoms with van der Waals surface area (Å²) in [5.41, 5.74) is 0.929. The molecule has 1 amide bonds. The summed E-state index contributed by atoms with van der Waals surface area (Å²) in [4.78, 5) is 11.3. The molecule has 14 heavy (non-hydrogen) atoms. The largest absolute Gasteiger partial charge is 0.388 e. The third kappa shape index (κ3) is 3.40. The summed E-state index contributed by atoms with van der Waals surface area (Å²) in [6.07, 6.45) is 2.54. The molecule has 1 rings (SSSR count). The Labute approximate surface area is 86.0 Å². The predicted molar refractivity (Wildman–Crippen MR) is 57.8 cm³/mol. The van der Waals surface area contributed by atoms with Gasteiger partial charge in [0.2, 0.25) is 5.91 Å². The molecular formula is C11H20N2O. The highest BCUT2D eigenvalue weighted by atomic mass is 16.1. The van der Waals surface area contributed by atoms with E-state index in [1.165, 1.54) is 0 Å². The molecule has 3 nitrogen and oxygen atoms in total. The molecule has 0 radical (unpaired) electrons. The lowest BCUT2D eigenvalue weighted by Gasteiger charge is -2.31. The maximum atomic E-state index is 11.3. The molecule has 0 unspecified atom stereocenters. The van der Waals surface area contributed by atoms with Crippen molar-refractivity contribution in [2.45, 2.75) is 39.7 Å². The lowest BCUT2D eigenvalue weighted by Crippen LogP contribution is -2.47. The van der Waals surface area contributed by atoms with E-state index in [0.717, 1.165) is 18.7 Å². The molecular weight excluding hydrogens is 176 g/mol. The average molecular weight is 196 g/mol. The maximum Gasteiger partial charge on any atom is 0.246 e. The van der Waals surface area contributed by atoms with Crippen molar-refractivity contribution in [1.82, 2.24) is 10.6 Å². The van der Waals surface area contributed by atoms with Gasteiger partial charge >= 0.3 is 0 Å². The Bertz CT molecular complexity index is 254. The fourth-order valence-electron chi connectivity index (χ4n) is 1.55. The van der Waals surface area contributed by atoms with Gasteiger partial charge in [0.25, 0.3) is 0 Å². The van der Waals surface area contributed by atoms with E-state index in [1.807, 2.05) is 13.8 Å². The van der Waals surface area contributed by atoms with Crippen LogP contribution in [0.5, 0.6) is 0 Å². The van der Waals surface area contributed by atoms with Crippen LogP contribution in [0.15, 0.2) is 11.8 Å². The smallest absolute Gasteiger partial charge is 0.246 e. The molecule has 0 saturated carbocycles. The third-order valence-electron chi connectivity index (χ3n) is 2.14. The fourth-order valence-corrected chi connectivity index (χ4v) is 1.55. The Morgan fingerprint density at radius 1 is 1.57 bits per heavy atom. The molecule has 0 fully saturated rings. The van der Waals surface area contributed by atoms with Crippen LogP contribution in [0, 0.1) is 5.92 Å². The molecule has 80 valence electrons. The van der Waals surface area contributed by atoms with Crippen LogP contribution in [-0.4, -0.2) is 18.0 Å². The van der Waals surface area contributed by atoms with Gasteiger partial charge in [-0.05, 0) is 19.8 Å². The lowest BCUT2D eigenvalue weighted by molar-refractivity contribution is -0.118. The molecule has 1 aliphatic rings. The van der Waals surface area contributed by atoms with Crippen molar-refractivity contribution >= 4 is 5.91 Å². The number of carbonyl (C=O) groups is 1. The zero-order chi connectivity index (χ0) is 10.8. The molecule has 0 aliphatic carbocycles. The first-order valence-electron chi connectivity index (χ1n) is 5.16. The van der Waals surface area contributed by atoms with Gasteiger partial charge in [0.05, 0.1) is 0 Å². The first kappa shape index (κ1) is 11.1. The van der Waals surface area contributed by atoms with Gasteiger partial charge in [-0.25, -0.2) is 0 Å². The van der Waals surface area contributed by atoms with Crippen LogP contribution < -0.4 is 10.6 Å². The second-order valence-corrected chi connectivity index (χ2v) is 4.99. The quantitative estimate of drug-likeness (QED) is 0.716. The van der Waals surface area contributed by atoms with Crippen LogP contribution in [0.1, 0.15) is 34.1 Å². The van der Waals surface area contributed by atoms with Crippen LogP contribution in [-0.2, 0) is 4.79 Å². The summed E-state index contributed by atoms with van der Waals surface area (Å²) in [7, 11) is 0. The molecule has 0 saturated heterocycles. The van der Waals surface area contributed by atoms with Gasteiger partial charge in [-0.1, -0.05) is 13.8 Å². The maximum absolute atomic E-state index is 11.3. The summed E-state index contributed by atoms with van der Waals surface area (Å²) in [6.45, 7) is 9.31. The SMILES string of the molecule is CC(C)CNC1=CC(=O)NC(C)(C)C1. The van der Waals surface area contributed by atoms with Crippen molar-refractivity contribution in [1.29, 1.82) is 0 Å². The highest BCUT2D eigenvalue weighted by Crippen LogP contribution is 2.18. The Morgan fingerprint density at radius 3 is 2.71 bits per heavy atom. The molecule has 0 aromatic heterocycles. The number of carbonyl (C=O) groups excluding carboxylic acids is 1. The van der Waals surface area contributed by atoms with E-state index in [2.05, 4.69) is 24.5 Å². The van der Waals surface area contributed by atoms with Gasteiger partial charge in [0.15, 0.2) is 0 Å². The van der Waals surface area contributed by atoms with Crippen molar-refractivity contribution in [3.8, 4) is 0 Å². The summed E-state index contributed by atoms with van der Waals surface area (Å²) >= 11 is 0. The van der Waals surface area contributed by atoms with E-state index in [4.69, 9.17) is 0 Å². The minimum absolute atomic E-state index is 0.00695. The van der Waals surface area contributed by atoms with Crippen molar-refractivity contribution in [3.05, 3.63) is 11.8 Å². The van der Waals surface area contributed by atoms with E-state index < -0.39 is 0 Å². The van der Waals surface area contributed by atoms with E-state index in [-0.39, 0.29) is 11.4 Å². The first-order valence-corrected chi connectivity index (χ1v) is 5.16. The van der Waals surface area contributed by atoms with Crippen molar-refractivity contribution < 1.29 is 4.79 Å². The highest BCUT2D eigenvalue weighted by molar-refractivity contribution is 5.89. The molecule has 3 heteroatoms. The molecule has 0 bridgehead atoms. The predicted octanol–water partition coefficient (Wildman–Crippen LogP) is 1.41. The van der Waals surface area contributed by atoms with Crippen LogP contribution in [0.25, 0.3) is 0 Å². The Morgan fingerprint density at radius 2 is 2.21 bits per heavy atom. The molecule has 1 heterocycles. The number of amides is 1. The second kappa shape index (κ2) is 4.03. The standard InChI is InChI=1S/C11H20N2O/c1-8(2)7-12-9-5-10(14)13-11(3,4)6-9/h5,8,12H,6-7H2,1-4H3,(H,13,14). The number of hydrogen-bond donors (Lipinski definition) is 2. The van der Waals surface area contributed by atoms with Gasteiger partial charge in [-0.15, -0.1) is 0 Å². The minimum Gasteiger partial charge on any atom is -0.388 e. The van der Waals surface area contributed by atoms with Gasteiger partial charge in [0, 0.05) is 30.3 Å². The lowest BCUT2D eigenvalue weighted by atomic mass is 9.94. The van der Waals surface area contributed by atoms with E-state index in [0.29, 0.717) is 5.92 Å². The zero-order valence-electron chi connectivity index (χ0n) is 9.48. The third-order valence-corrected chi connectivity index (χ3v) is 2.14. The average Bonchev–Trinajstić information content (AvgIpc) is 1.96. The zero-order valence-corrected chi connectivity index (χ0v) is 9.48. The fraction of sp³-hybridized carbons (Fsp3) is 0.727. The topological polar surface area (TPSA) is 41.1 Å². The molecule has 1 aliphatic heterocycles. The van der Waals surface area contributed by atoms with E-state index in [1.54, 1.807) is 6.08 Å². The van der Waals surface area contributed by atoms with Crippen LogP contribution in [0.4, 0.5) is 0 Å². The van der Waals surface area contributed by atoms with Gasteiger partial charge < -0.3 is 10.6 Å². The Hall–Kier alpha value is -0.990. The molecule has 0 aromatic rings. The summed E-state index contributed by atoms with van der Waals surface area (Å²) in [6, 6.07) is 0. The van der Waals surface area contributed by atoms with Gasteiger partial charge in [-0.2, -0.15) is 0 Å². The van der Waals surface area contributed by atoms with Gasteiger partial charge in [-0.3, -0.25) is 4.79 Å². The number of nitrogens with one attached hydrogen (secondary N) is 2. The van der Waals surface area contributed by atoms with Crippen LogP contribution in [0.2, 0.25) is 0 Å². The molecule has 0 aromatic carbocycles. The number of hydrogen-bond acceptors (Lipinski definition) is 2. The van der Waals surface area contributed by atoms with Crippen molar-refractivity contribution in [2.75, 3.05) is 6.54 Å². The van der Waals surface area contributed by atoms with E-state index in [9.17, 15) is 4.79 Å². The van der Waals surface area contributed by atoms with Crippen LogP contribution >= 0.6 is 0 Å². The second-order valence-electron chi connectivity index (χ2n) is 4.99. The monoisotopic (exact) mass is 196 g/mol. The highest BCUT2D eigenvalue weighted by Gasteiger charge is 2.25. The molecule has 2 N–H and O–H groups in total. The molecule has 0 atom stereocenters. The first-order chi connectivity index (χ1) is 6.39. The van der Waals surface area contributed by atoms with Crippen molar-refractivity contribution in [3.63, 3.8) is 0 Å². The Balaban J connectivity index is 2.56. The Kier molecular flexibility index (Phi) is 3.19. The molecule has 0 spiro atoms. The number of rotatable bonds is 3. The van der Waals surface area contributed by atoms with E-state index >= 15 is 0 Å². The van der Waals surface area contributed by atoms with Gasteiger partial charge in [0.1, 0.15) is 0 Å². The normalized spacial score (nSPS) is 20.4. The van der Waals surface area contributed by atoms with Crippen LogP contribution in [0.3, 0.4) is 0 Å². The summed E-state index contributed by atoms with van der Waals surface area (Å²) in [5.74, 6) is 0.608.